The summed E-state index contributed by atoms with van der Waals surface area (Å²) in [5.41, 5.74) is 3.78. The number of rotatable bonds is 7. The number of aromatic nitrogens is 1. The maximum Gasteiger partial charge on any atom is 0.511 e. The smallest absolute Gasteiger partial charge is 0.396 e. The monoisotopic (exact) mass is 548 g/mol. The predicted molar refractivity (Wildman–Crippen MR) is 137 cm³/mol. The van der Waals surface area contributed by atoms with Gasteiger partial charge in [0.1, 0.15) is 0 Å². The molecule has 3 aromatic rings. The Morgan fingerprint density at radius 2 is 1.79 bits per heavy atom. The molecule has 202 valence electrons. The minimum atomic E-state index is -5.59. The van der Waals surface area contributed by atoms with Crippen molar-refractivity contribution in [3.8, 4) is 0 Å². The normalized spacial score (nSPS) is 18.7. The molecule has 2 aromatic carbocycles. The number of hydrogen-bond acceptors (Lipinski definition) is 5. The van der Waals surface area contributed by atoms with Gasteiger partial charge in [0, 0.05) is 24.8 Å². The zero-order valence-corrected chi connectivity index (χ0v) is 21.4. The highest BCUT2D eigenvalue weighted by Crippen LogP contribution is 2.46. The fourth-order valence-corrected chi connectivity index (χ4v) is 6.07. The third-order valence-corrected chi connectivity index (χ3v) is 8.76. The third-order valence-electron chi connectivity index (χ3n) is 7.22. The number of halogens is 4. The zero-order valence-electron chi connectivity index (χ0n) is 20.5. The van der Waals surface area contributed by atoms with Crippen molar-refractivity contribution in [3.63, 3.8) is 0 Å². The number of anilines is 2. The van der Waals surface area contributed by atoms with Crippen LogP contribution in [0.15, 0.2) is 60.8 Å². The van der Waals surface area contributed by atoms with E-state index in [0.717, 1.165) is 30.2 Å². The molecule has 38 heavy (non-hydrogen) atoms. The summed E-state index contributed by atoms with van der Waals surface area (Å²) >= 11 is 0. The van der Waals surface area contributed by atoms with Gasteiger partial charge in [0.05, 0.1) is 24.1 Å². The van der Waals surface area contributed by atoms with Crippen LogP contribution in [0.3, 0.4) is 0 Å². The Bertz CT molecular complexity index is 1410. The molecule has 1 aliphatic carbocycles. The van der Waals surface area contributed by atoms with E-state index >= 15 is 0 Å². The maximum atomic E-state index is 13.8. The van der Waals surface area contributed by atoms with Gasteiger partial charge in [-0.2, -0.15) is 17.5 Å². The van der Waals surface area contributed by atoms with Crippen molar-refractivity contribution in [2.24, 2.45) is 0 Å². The molecular weight excluding hydrogens is 520 g/mol. The van der Waals surface area contributed by atoms with Gasteiger partial charge in [-0.25, -0.2) is 12.8 Å². The van der Waals surface area contributed by atoms with Crippen LogP contribution in [0.1, 0.15) is 47.6 Å². The number of benzene rings is 2. The van der Waals surface area contributed by atoms with Crippen molar-refractivity contribution in [3.05, 3.63) is 89.0 Å². The summed E-state index contributed by atoms with van der Waals surface area (Å²) in [6, 6.07) is 15.8. The van der Waals surface area contributed by atoms with Gasteiger partial charge in [-0.3, -0.25) is 4.98 Å². The number of aryl methyl sites for hydroxylation is 1. The van der Waals surface area contributed by atoms with Crippen molar-refractivity contribution >= 4 is 21.4 Å². The highest BCUT2D eigenvalue weighted by atomic mass is 32.2. The first kappa shape index (κ1) is 26.4. The van der Waals surface area contributed by atoms with Crippen LogP contribution >= 0.6 is 0 Å². The number of sulfonamides is 1. The van der Waals surface area contributed by atoms with Gasteiger partial charge < -0.3 is 10.6 Å². The van der Waals surface area contributed by atoms with Gasteiger partial charge in [-0.1, -0.05) is 42.5 Å². The topological polar surface area (TPSA) is 79.5 Å². The standard InChI is InChI=1S/C27H28F4N4O2S/c28-24-14-33-20(13-25(24)32)15-35-21(12-9-18-5-2-1-3-6-18)16-34(38(36,37)27(29,30)31)17-23-22(19-10-11-19)7-4-8-26(23)35/h1-8,13-14,19,21H,9-12,15-17H2,(H2,32,33). The van der Waals surface area contributed by atoms with E-state index in [1.165, 1.54) is 6.07 Å². The molecule has 1 unspecified atom stereocenters. The fraction of sp³-hybridized carbons (Fsp3) is 0.370. The molecule has 5 rings (SSSR count). The minimum absolute atomic E-state index is 0.0844. The van der Waals surface area contributed by atoms with Gasteiger partial charge >= 0.3 is 15.5 Å². The Hall–Kier alpha value is -3.18. The van der Waals surface area contributed by atoms with E-state index in [4.69, 9.17) is 5.73 Å². The molecule has 0 saturated heterocycles. The van der Waals surface area contributed by atoms with E-state index in [1.807, 2.05) is 53.4 Å². The number of pyridine rings is 1. The molecule has 1 fully saturated rings. The van der Waals surface area contributed by atoms with Crippen molar-refractivity contribution in [2.75, 3.05) is 17.2 Å². The largest absolute Gasteiger partial charge is 0.511 e. The second-order valence-electron chi connectivity index (χ2n) is 9.87. The van der Waals surface area contributed by atoms with Crippen LogP contribution in [0.4, 0.5) is 28.9 Å². The number of nitrogens with zero attached hydrogens (tertiary/aromatic N) is 3. The Balaban J connectivity index is 1.61. The molecule has 0 amide bonds. The van der Waals surface area contributed by atoms with E-state index in [1.54, 1.807) is 0 Å². The van der Waals surface area contributed by atoms with Crippen molar-refractivity contribution < 1.29 is 26.0 Å². The molecule has 0 bridgehead atoms. The van der Waals surface area contributed by atoms with Crippen LogP contribution in [0.25, 0.3) is 0 Å². The third kappa shape index (κ3) is 5.35. The van der Waals surface area contributed by atoms with Crippen molar-refractivity contribution in [1.82, 2.24) is 9.29 Å². The van der Waals surface area contributed by atoms with Crippen LogP contribution in [0.5, 0.6) is 0 Å². The average molecular weight is 549 g/mol. The molecule has 2 aliphatic rings. The van der Waals surface area contributed by atoms with E-state index in [2.05, 4.69) is 4.98 Å². The number of hydrogen-bond donors (Lipinski definition) is 1. The van der Waals surface area contributed by atoms with Gasteiger partial charge in [0.25, 0.3) is 0 Å². The molecule has 1 aromatic heterocycles. The van der Waals surface area contributed by atoms with Crippen LogP contribution in [-0.2, 0) is 29.5 Å². The molecule has 2 heterocycles. The van der Waals surface area contributed by atoms with E-state index < -0.39 is 27.4 Å². The first-order chi connectivity index (χ1) is 18.0. The van der Waals surface area contributed by atoms with Crippen molar-refractivity contribution in [1.29, 1.82) is 0 Å². The van der Waals surface area contributed by atoms with Crippen molar-refractivity contribution in [2.45, 2.75) is 56.2 Å². The van der Waals surface area contributed by atoms with Gasteiger partial charge in [0.2, 0.25) is 0 Å². The van der Waals surface area contributed by atoms with Gasteiger partial charge in [-0.15, -0.1) is 0 Å². The summed E-state index contributed by atoms with van der Waals surface area (Å²) in [7, 11) is -5.59. The molecule has 1 aliphatic heterocycles. The molecule has 0 spiro atoms. The second-order valence-corrected chi connectivity index (χ2v) is 11.8. The lowest BCUT2D eigenvalue weighted by Gasteiger charge is -2.34. The summed E-state index contributed by atoms with van der Waals surface area (Å²) in [6.45, 7) is -0.601. The number of nitrogen functional groups attached to an aromatic ring is 1. The lowest BCUT2D eigenvalue weighted by atomic mass is 9.99. The number of alkyl halides is 3. The SMILES string of the molecule is Nc1cc(CN2c3cccc(C4CC4)c3CN(S(=O)(=O)C(F)(F)F)CC2CCc2ccccc2)ncc1F. The van der Waals surface area contributed by atoms with E-state index in [0.29, 0.717) is 34.1 Å². The molecular formula is C27H28F4N4O2S. The Labute approximate surface area is 219 Å². The van der Waals surface area contributed by atoms with E-state index in [-0.39, 0.29) is 31.2 Å². The second kappa shape index (κ2) is 10.2. The Morgan fingerprint density at radius 1 is 1.05 bits per heavy atom. The summed E-state index contributed by atoms with van der Waals surface area (Å²) in [6.07, 6.45) is 3.73. The van der Waals surface area contributed by atoms with E-state index in [9.17, 15) is 26.0 Å². The van der Waals surface area contributed by atoms with Crippen LogP contribution < -0.4 is 10.6 Å². The zero-order chi connectivity index (χ0) is 27.1. The Kier molecular flexibility index (Phi) is 7.08. The van der Waals surface area contributed by atoms with Crippen LogP contribution in [-0.4, -0.2) is 35.8 Å². The maximum absolute atomic E-state index is 13.8. The quantitative estimate of drug-likeness (QED) is 0.403. The first-order valence-electron chi connectivity index (χ1n) is 12.4. The number of fused-ring (bicyclic) bond motifs is 1. The highest BCUT2D eigenvalue weighted by Gasteiger charge is 2.51. The van der Waals surface area contributed by atoms with Gasteiger partial charge in [0.15, 0.2) is 5.82 Å². The lowest BCUT2D eigenvalue weighted by molar-refractivity contribution is -0.0492. The fourth-order valence-electron chi connectivity index (χ4n) is 5.11. The summed E-state index contributed by atoms with van der Waals surface area (Å²) in [4.78, 5) is 6.07. The summed E-state index contributed by atoms with van der Waals surface area (Å²) in [5.74, 6) is -0.480. The Morgan fingerprint density at radius 3 is 2.45 bits per heavy atom. The molecule has 1 atom stereocenters. The van der Waals surface area contributed by atoms with Gasteiger partial charge in [-0.05, 0) is 60.4 Å². The molecule has 2 N–H and O–H groups in total. The molecule has 0 radical (unpaired) electrons. The molecule has 1 saturated carbocycles. The molecule has 11 heteroatoms. The minimum Gasteiger partial charge on any atom is -0.396 e. The lowest BCUT2D eigenvalue weighted by Crippen LogP contribution is -2.47. The highest BCUT2D eigenvalue weighted by molar-refractivity contribution is 7.89. The van der Waals surface area contributed by atoms with Crippen LogP contribution in [0, 0.1) is 5.82 Å². The summed E-state index contributed by atoms with van der Waals surface area (Å²) in [5, 5.41) is 0. The predicted octanol–water partition coefficient (Wildman–Crippen LogP) is 5.35. The number of nitrogens with two attached hydrogens (primary N) is 1. The molecule has 6 nitrogen and oxygen atoms in total. The average Bonchev–Trinajstić information content (AvgIpc) is 3.73. The first-order valence-corrected chi connectivity index (χ1v) is 13.9. The van der Waals surface area contributed by atoms with Crippen LogP contribution in [0.2, 0.25) is 0 Å². The summed E-state index contributed by atoms with van der Waals surface area (Å²) < 4.78 is 81.3.